The lowest BCUT2D eigenvalue weighted by Gasteiger charge is -1.96. The molecule has 0 radical (unpaired) electrons. The highest BCUT2D eigenvalue weighted by atomic mass is 32.1. The van der Waals surface area contributed by atoms with Gasteiger partial charge in [0.05, 0.1) is 22.5 Å². The molecule has 3 aromatic heterocycles. The largest absolute Gasteiger partial charge is 0.320 e. The van der Waals surface area contributed by atoms with Crippen LogP contribution in [0.4, 0.5) is 5.13 Å². The first kappa shape index (κ1) is 13.3. The van der Waals surface area contributed by atoms with Crippen molar-refractivity contribution in [3.05, 3.63) is 33.5 Å². The Bertz CT molecular complexity index is 790. The van der Waals surface area contributed by atoms with Crippen LogP contribution >= 0.6 is 34.0 Å². The van der Waals surface area contributed by atoms with Crippen LogP contribution in [0.2, 0.25) is 0 Å². The summed E-state index contributed by atoms with van der Waals surface area (Å²) in [4.78, 5) is 17.7. The number of carbonyl (C=O) groups is 1. The fourth-order valence-electron chi connectivity index (χ4n) is 1.56. The van der Waals surface area contributed by atoms with Gasteiger partial charge in [-0.25, -0.2) is 4.98 Å². The third kappa shape index (κ3) is 2.73. The second kappa shape index (κ2) is 5.73. The first-order valence-corrected chi connectivity index (χ1v) is 8.20. The van der Waals surface area contributed by atoms with Crippen LogP contribution in [0.15, 0.2) is 23.7 Å². The zero-order chi connectivity index (χ0) is 13.9. The minimum Gasteiger partial charge on any atom is -0.320 e. The van der Waals surface area contributed by atoms with Gasteiger partial charge in [-0.2, -0.15) is 0 Å². The van der Waals surface area contributed by atoms with Crippen LogP contribution in [0.3, 0.4) is 0 Å². The Morgan fingerprint density at radius 2 is 2.30 bits per heavy atom. The van der Waals surface area contributed by atoms with Crippen LogP contribution in [-0.4, -0.2) is 17.4 Å². The fourth-order valence-corrected chi connectivity index (χ4v) is 4.25. The van der Waals surface area contributed by atoms with E-state index in [9.17, 15) is 4.79 Å². The molecule has 3 aromatic rings. The zero-order valence-corrected chi connectivity index (χ0v) is 12.6. The third-order valence-electron chi connectivity index (χ3n) is 2.40. The smallest absolute Gasteiger partial charge is 0.267 e. The molecule has 0 aliphatic rings. The molecule has 3 rings (SSSR count). The maximum atomic E-state index is 12.1. The number of thiazole rings is 1. The van der Waals surface area contributed by atoms with E-state index in [1.807, 2.05) is 17.5 Å². The van der Waals surface area contributed by atoms with Crippen molar-refractivity contribution in [1.82, 2.24) is 4.98 Å². The van der Waals surface area contributed by atoms with Crippen molar-refractivity contribution < 1.29 is 4.79 Å². The van der Waals surface area contributed by atoms with Crippen LogP contribution in [-0.2, 0) is 0 Å². The number of rotatable bonds is 2. The van der Waals surface area contributed by atoms with Crippen LogP contribution in [0.1, 0.15) is 14.5 Å². The maximum Gasteiger partial charge on any atom is 0.267 e. The number of thiophene rings is 2. The molecule has 0 saturated heterocycles. The summed E-state index contributed by atoms with van der Waals surface area (Å²) in [7, 11) is 0. The van der Waals surface area contributed by atoms with Gasteiger partial charge in [0.15, 0.2) is 5.13 Å². The zero-order valence-electron chi connectivity index (χ0n) is 10.2. The molecule has 0 aliphatic heterocycles. The summed E-state index contributed by atoms with van der Waals surface area (Å²) in [6.07, 6.45) is 1.63. The Morgan fingerprint density at radius 3 is 3.10 bits per heavy atom. The molecule has 0 atom stereocenters. The molecule has 0 bridgehead atoms. The molecule has 0 spiro atoms. The van der Waals surface area contributed by atoms with Crippen molar-refractivity contribution in [3.63, 3.8) is 0 Å². The van der Waals surface area contributed by atoms with E-state index in [1.165, 1.54) is 22.7 Å². The maximum absolute atomic E-state index is 12.1. The molecular formula is C13H9N3OS3. The molecule has 3 heterocycles. The highest BCUT2D eigenvalue weighted by Crippen LogP contribution is 2.30. The van der Waals surface area contributed by atoms with E-state index in [0.717, 1.165) is 14.3 Å². The number of nitrogens with two attached hydrogens (primary N) is 1. The van der Waals surface area contributed by atoms with Crippen LogP contribution in [0.25, 0.3) is 9.40 Å². The number of anilines is 1. The number of hydrogen-bond donors (Lipinski definition) is 2. The number of nitrogens with one attached hydrogen (secondary N) is 1. The lowest BCUT2D eigenvalue weighted by molar-refractivity contribution is 0.103. The fraction of sp³-hybridized carbons (Fsp3) is 0.0769. The number of aromatic nitrogens is 1. The van der Waals surface area contributed by atoms with Crippen LogP contribution in [0, 0.1) is 11.8 Å². The highest BCUT2D eigenvalue weighted by Gasteiger charge is 2.12. The molecule has 1 amide bonds. The topological polar surface area (TPSA) is 68.0 Å². The Hall–Kier alpha value is -1.72. The molecule has 0 aromatic carbocycles. The van der Waals surface area contributed by atoms with Gasteiger partial charge in [-0.3, -0.25) is 10.1 Å². The summed E-state index contributed by atoms with van der Waals surface area (Å²) in [5.41, 5.74) is 5.31. The second-order valence-corrected chi connectivity index (χ2v) is 6.81. The van der Waals surface area contributed by atoms with E-state index in [4.69, 9.17) is 5.73 Å². The SMILES string of the molecule is NCC#Cc1cnc(NC(=O)c2cc3sccc3s2)s1. The molecule has 4 nitrogen and oxygen atoms in total. The van der Waals surface area contributed by atoms with Gasteiger partial charge in [0.1, 0.15) is 0 Å². The molecule has 3 N–H and O–H groups in total. The summed E-state index contributed by atoms with van der Waals surface area (Å²) in [6, 6.07) is 3.92. The van der Waals surface area contributed by atoms with E-state index in [0.29, 0.717) is 16.6 Å². The predicted octanol–water partition coefficient (Wildman–Crippen LogP) is 2.98. The van der Waals surface area contributed by atoms with E-state index >= 15 is 0 Å². The Balaban J connectivity index is 1.75. The van der Waals surface area contributed by atoms with Gasteiger partial charge in [-0.05, 0) is 17.5 Å². The van der Waals surface area contributed by atoms with E-state index in [1.54, 1.807) is 17.5 Å². The standard InChI is InChI=1S/C13H9N3OS3/c14-4-1-2-8-7-15-13(19-8)16-12(17)11-6-10-9(20-11)3-5-18-10/h3,5-7H,4,14H2,(H,15,16,17). The van der Waals surface area contributed by atoms with E-state index < -0.39 is 0 Å². The summed E-state index contributed by atoms with van der Waals surface area (Å²) in [5, 5.41) is 5.36. The van der Waals surface area contributed by atoms with Gasteiger partial charge in [0.2, 0.25) is 0 Å². The molecule has 7 heteroatoms. The van der Waals surface area contributed by atoms with Crippen molar-refractivity contribution >= 4 is 54.4 Å². The molecule has 0 unspecified atom stereocenters. The number of fused-ring (bicyclic) bond motifs is 1. The highest BCUT2D eigenvalue weighted by molar-refractivity contribution is 7.28. The number of nitrogens with zero attached hydrogens (tertiary/aromatic N) is 1. The molecular weight excluding hydrogens is 310 g/mol. The van der Waals surface area contributed by atoms with Crippen molar-refractivity contribution in [2.24, 2.45) is 5.73 Å². The van der Waals surface area contributed by atoms with Gasteiger partial charge in [-0.15, -0.1) is 22.7 Å². The molecule has 0 fully saturated rings. The summed E-state index contributed by atoms with van der Waals surface area (Å²) in [5.74, 6) is 5.51. The first-order valence-electron chi connectivity index (χ1n) is 5.69. The van der Waals surface area contributed by atoms with Crippen molar-refractivity contribution in [3.8, 4) is 11.8 Å². The third-order valence-corrected chi connectivity index (χ3v) is 5.32. The molecule has 0 saturated carbocycles. The Labute approximate surface area is 127 Å². The van der Waals surface area contributed by atoms with Gasteiger partial charge >= 0.3 is 0 Å². The summed E-state index contributed by atoms with van der Waals surface area (Å²) >= 11 is 4.45. The van der Waals surface area contributed by atoms with Gasteiger partial charge in [0.25, 0.3) is 5.91 Å². The summed E-state index contributed by atoms with van der Waals surface area (Å²) in [6.45, 7) is 0.311. The van der Waals surface area contributed by atoms with Crippen molar-refractivity contribution in [1.29, 1.82) is 0 Å². The molecule has 100 valence electrons. The van der Waals surface area contributed by atoms with E-state index in [2.05, 4.69) is 22.1 Å². The van der Waals surface area contributed by atoms with Gasteiger partial charge in [-0.1, -0.05) is 23.2 Å². The van der Waals surface area contributed by atoms with Crippen molar-refractivity contribution in [2.45, 2.75) is 0 Å². The van der Waals surface area contributed by atoms with Crippen molar-refractivity contribution in [2.75, 3.05) is 11.9 Å². The van der Waals surface area contributed by atoms with E-state index in [-0.39, 0.29) is 5.91 Å². The lowest BCUT2D eigenvalue weighted by atomic mass is 10.4. The number of amides is 1. The lowest BCUT2D eigenvalue weighted by Crippen LogP contribution is -2.09. The average Bonchev–Trinajstić information content (AvgIpc) is 3.11. The van der Waals surface area contributed by atoms with Gasteiger partial charge < -0.3 is 5.73 Å². The molecule has 0 aliphatic carbocycles. The minimum absolute atomic E-state index is 0.133. The number of carbonyl (C=O) groups excluding carboxylic acids is 1. The minimum atomic E-state index is -0.133. The Morgan fingerprint density at radius 1 is 1.40 bits per heavy atom. The van der Waals surface area contributed by atoms with Crippen LogP contribution in [0.5, 0.6) is 0 Å². The normalized spacial score (nSPS) is 10.2. The Kier molecular flexibility index (Phi) is 3.80. The second-order valence-electron chi connectivity index (χ2n) is 3.75. The van der Waals surface area contributed by atoms with Gasteiger partial charge in [0, 0.05) is 9.40 Å². The predicted molar refractivity (Wildman–Crippen MR) is 85.7 cm³/mol. The first-order chi connectivity index (χ1) is 9.76. The quantitative estimate of drug-likeness (QED) is 0.714. The number of hydrogen-bond acceptors (Lipinski definition) is 6. The molecule has 20 heavy (non-hydrogen) atoms. The van der Waals surface area contributed by atoms with Crippen LogP contribution < -0.4 is 11.1 Å². The summed E-state index contributed by atoms with van der Waals surface area (Å²) < 4.78 is 2.27. The average molecular weight is 319 g/mol. The monoisotopic (exact) mass is 319 g/mol.